The van der Waals surface area contributed by atoms with Crippen LogP contribution in [0.3, 0.4) is 0 Å². The maximum absolute atomic E-state index is 10.8. The molecular weight excluding hydrogens is 152 g/mol. The summed E-state index contributed by atoms with van der Waals surface area (Å²) < 4.78 is 4.97. The number of hydrogen-bond donors (Lipinski definition) is 0. The van der Waals surface area contributed by atoms with E-state index in [0.717, 1.165) is 12.8 Å². The van der Waals surface area contributed by atoms with Crippen LogP contribution in [0.2, 0.25) is 0 Å². The Hall–Kier alpha value is -0.790. The van der Waals surface area contributed by atoms with Crippen molar-refractivity contribution in [1.82, 2.24) is 0 Å². The molecule has 0 radical (unpaired) electrons. The molecule has 2 nitrogen and oxygen atoms in total. The third kappa shape index (κ3) is 5.96. The van der Waals surface area contributed by atoms with Crippen LogP contribution in [0.5, 0.6) is 0 Å². The van der Waals surface area contributed by atoms with Gasteiger partial charge in [0.2, 0.25) is 0 Å². The molecule has 0 aliphatic heterocycles. The molecule has 0 heterocycles. The van der Waals surface area contributed by atoms with E-state index in [0.29, 0.717) is 12.5 Å². The van der Waals surface area contributed by atoms with Crippen molar-refractivity contribution in [2.24, 2.45) is 5.92 Å². The molecule has 0 aromatic rings. The fraction of sp³-hybridized carbons (Fsp3) is 0.700. The summed E-state index contributed by atoms with van der Waals surface area (Å²) in [6.45, 7) is 6.56. The summed E-state index contributed by atoms with van der Waals surface area (Å²) >= 11 is 0. The van der Waals surface area contributed by atoms with Crippen molar-refractivity contribution in [1.29, 1.82) is 0 Å². The smallest absolute Gasteiger partial charge is 0.330 e. The normalized spacial score (nSPS) is 13.2. The van der Waals surface area contributed by atoms with E-state index in [1.165, 1.54) is 6.08 Å². The van der Waals surface area contributed by atoms with Gasteiger partial charge in [0.25, 0.3) is 0 Å². The van der Waals surface area contributed by atoms with Gasteiger partial charge in [0, 0.05) is 6.08 Å². The molecule has 0 saturated carbocycles. The van der Waals surface area contributed by atoms with Crippen molar-refractivity contribution < 1.29 is 9.53 Å². The first-order valence-electron chi connectivity index (χ1n) is 4.50. The maximum atomic E-state index is 10.8. The SMILES string of the molecule is CC=CC(=O)OCC(C)CCC. The Morgan fingerprint density at radius 1 is 1.58 bits per heavy atom. The molecule has 12 heavy (non-hydrogen) atoms. The standard InChI is InChI=1S/C10H18O2/c1-4-6-9(3)8-12-10(11)7-5-2/h5,7,9H,4,6,8H2,1-3H3. The fourth-order valence-electron chi connectivity index (χ4n) is 0.985. The van der Waals surface area contributed by atoms with Gasteiger partial charge in [-0.05, 0) is 19.3 Å². The number of carbonyl (C=O) groups is 1. The molecule has 0 N–H and O–H groups in total. The van der Waals surface area contributed by atoms with E-state index in [-0.39, 0.29) is 5.97 Å². The first-order valence-corrected chi connectivity index (χ1v) is 4.50. The average Bonchev–Trinajstić information content (AvgIpc) is 2.02. The average molecular weight is 170 g/mol. The Bertz CT molecular complexity index is 150. The lowest BCUT2D eigenvalue weighted by atomic mass is 10.1. The first kappa shape index (κ1) is 11.2. The van der Waals surface area contributed by atoms with Crippen LogP contribution in [-0.4, -0.2) is 12.6 Å². The molecule has 1 atom stereocenters. The minimum absolute atomic E-state index is 0.236. The van der Waals surface area contributed by atoms with Crippen LogP contribution in [-0.2, 0) is 9.53 Å². The summed E-state index contributed by atoms with van der Waals surface area (Å²) in [5.74, 6) is 0.240. The van der Waals surface area contributed by atoms with E-state index in [2.05, 4.69) is 13.8 Å². The first-order chi connectivity index (χ1) is 5.70. The van der Waals surface area contributed by atoms with Gasteiger partial charge in [-0.25, -0.2) is 4.79 Å². The van der Waals surface area contributed by atoms with E-state index in [4.69, 9.17) is 4.74 Å². The van der Waals surface area contributed by atoms with Crippen molar-refractivity contribution in [2.75, 3.05) is 6.61 Å². The van der Waals surface area contributed by atoms with Gasteiger partial charge in [0.05, 0.1) is 6.61 Å². The zero-order valence-corrected chi connectivity index (χ0v) is 8.17. The molecule has 0 spiro atoms. The second kappa shape index (κ2) is 6.89. The third-order valence-corrected chi connectivity index (χ3v) is 1.59. The summed E-state index contributed by atoms with van der Waals surface area (Å²) in [5.41, 5.74) is 0. The second-order valence-electron chi connectivity index (χ2n) is 3.02. The fourth-order valence-corrected chi connectivity index (χ4v) is 0.985. The summed E-state index contributed by atoms with van der Waals surface area (Å²) in [4.78, 5) is 10.8. The second-order valence-corrected chi connectivity index (χ2v) is 3.02. The quantitative estimate of drug-likeness (QED) is 0.468. The van der Waals surface area contributed by atoms with Crippen LogP contribution in [0.25, 0.3) is 0 Å². The van der Waals surface area contributed by atoms with E-state index >= 15 is 0 Å². The van der Waals surface area contributed by atoms with E-state index in [9.17, 15) is 4.79 Å². The molecule has 0 aromatic carbocycles. The molecule has 0 saturated heterocycles. The van der Waals surface area contributed by atoms with Gasteiger partial charge in [-0.2, -0.15) is 0 Å². The van der Waals surface area contributed by atoms with Crippen molar-refractivity contribution in [2.45, 2.75) is 33.6 Å². The number of allylic oxidation sites excluding steroid dienone is 1. The lowest BCUT2D eigenvalue weighted by molar-refractivity contribution is -0.139. The number of carbonyl (C=O) groups excluding carboxylic acids is 1. The zero-order valence-electron chi connectivity index (χ0n) is 8.17. The Kier molecular flexibility index (Phi) is 6.44. The molecule has 70 valence electrons. The van der Waals surface area contributed by atoms with Crippen molar-refractivity contribution in [3.63, 3.8) is 0 Å². The topological polar surface area (TPSA) is 26.3 Å². The third-order valence-electron chi connectivity index (χ3n) is 1.59. The lowest BCUT2D eigenvalue weighted by Gasteiger charge is -2.08. The Balaban J connectivity index is 3.46. The largest absolute Gasteiger partial charge is 0.462 e. The number of rotatable bonds is 5. The van der Waals surface area contributed by atoms with Crippen LogP contribution in [0.15, 0.2) is 12.2 Å². The highest BCUT2D eigenvalue weighted by atomic mass is 16.5. The van der Waals surface area contributed by atoms with E-state index < -0.39 is 0 Å². The van der Waals surface area contributed by atoms with Gasteiger partial charge < -0.3 is 4.74 Å². The maximum Gasteiger partial charge on any atom is 0.330 e. The molecule has 0 bridgehead atoms. The summed E-state index contributed by atoms with van der Waals surface area (Å²) in [7, 11) is 0. The lowest BCUT2D eigenvalue weighted by Crippen LogP contribution is -2.09. The number of ether oxygens (including phenoxy) is 1. The highest BCUT2D eigenvalue weighted by Gasteiger charge is 2.02. The monoisotopic (exact) mass is 170 g/mol. The Labute approximate surface area is 74.6 Å². The van der Waals surface area contributed by atoms with Crippen molar-refractivity contribution in [3.8, 4) is 0 Å². The van der Waals surface area contributed by atoms with E-state index in [1.54, 1.807) is 13.0 Å². The number of hydrogen-bond acceptors (Lipinski definition) is 2. The van der Waals surface area contributed by atoms with Crippen LogP contribution in [0.1, 0.15) is 33.6 Å². The van der Waals surface area contributed by atoms with Gasteiger partial charge in [-0.1, -0.05) is 26.3 Å². The van der Waals surface area contributed by atoms with Crippen LogP contribution in [0, 0.1) is 5.92 Å². The van der Waals surface area contributed by atoms with E-state index in [1.807, 2.05) is 0 Å². The van der Waals surface area contributed by atoms with Gasteiger partial charge in [0.1, 0.15) is 0 Å². The minimum atomic E-state index is -0.236. The molecule has 1 unspecified atom stereocenters. The molecule has 0 amide bonds. The molecular formula is C10H18O2. The Morgan fingerprint density at radius 2 is 2.25 bits per heavy atom. The zero-order chi connectivity index (χ0) is 9.40. The van der Waals surface area contributed by atoms with Gasteiger partial charge in [0.15, 0.2) is 0 Å². The molecule has 2 heteroatoms. The summed E-state index contributed by atoms with van der Waals surface area (Å²) in [6.07, 6.45) is 5.39. The minimum Gasteiger partial charge on any atom is -0.462 e. The van der Waals surface area contributed by atoms with Crippen molar-refractivity contribution in [3.05, 3.63) is 12.2 Å². The molecule has 0 aromatic heterocycles. The van der Waals surface area contributed by atoms with Gasteiger partial charge >= 0.3 is 5.97 Å². The van der Waals surface area contributed by atoms with Crippen LogP contribution < -0.4 is 0 Å². The van der Waals surface area contributed by atoms with Crippen LogP contribution >= 0.6 is 0 Å². The predicted molar refractivity (Wildman–Crippen MR) is 49.8 cm³/mol. The van der Waals surface area contributed by atoms with Crippen molar-refractivity contribution >= 4 is 5.97 Å². The molecule has 0 fully saturated rings. The highest BCUT2D eigenvalue weighted by Crippen LogP contribution is 2.04. The molecule has 0 rings (SSSR count). The Morgan fingerprint density at radius 3 is 2.75 bits per heavy atom. The van der Waals surface area contributed by atoms with Crippen LogP contribution in [0.4, 0.5) is 0 Å². The number of esters is 1. The van der Waals surface area contributed by atoms with Gasteiger partial charge in [-0.3, -0.25) is 0 Å². The highest BCUT2D eigenvalue weighted by molar-refractivity contribution is 5.81. The summed E-state index contributed by atoms with van der Waals surface area (Å²) in [6, 6.07) is 0. The molecule has 0 aliphatic carbocycles. The predicted octanol–water partition coefficient (Wildman–Crippen LogP) is 2.54. The summed E-state index contributed by atoms with van der Waals surface area (Å²) in [5, 5.41) is 0. The molecule has 0 aliphatic rings. The van der Waals surface area contributed by atoms with Gasteiger partial charge in [-0.15, -0.1) is 0 Å².